The minimum Gasteiger partial charge on any atom is -0.496 e. The quantitative estimate of drug-likeness (QED) is 0.217. The first kappa shape index (κ1) is 32.6. The van der Waals surface area contributed by atoms with E-state index in [9.17, 15) is 14.4 Å². The average molecular weight is 605 g/mol. The molecule has 0 radical (unpaired) electrons. The van der Waals surface area contributed by atoms with Gasteiger partial charge < -0.3 is 25.2 Å². The van der Waals surface area contributed by atoms with Gasteiger partial charge in [0.05, 0.1) is 24.4 Å². The summed E-state index contributed by atoms with van der Waals surface area (Å²) >= 11 is 0. The Morgan fingerprint density at radius 3 is 2.39 bits per heavy atom. The van der Waals surface area contributed by atoms with E-state index >= 15 is 0 Å². The Hall–Kier alpha value is -4.34. The molecular formula is C34H44N4O6. The number of rotatable bonds is 14. The van der Waals surface area contributed by atoms with Gasteiger partial charge in [0.15, 0.2) is 5.69 Å². The zero-order valence-electron chi connectivity index (χ0n) is 26.0. The maximum Gasteiger partial charge on any atom is 0.322 e. The van der Waals surface area contributed by atoms with Crippen molar-refractivity contribution in [2.24, 2.45) is 11.8 Å². The molecule has 0 spiro atoms. The number of carbonyl (C=O) groups excluding carboxylic acids is 2. The molecule has 1 saturated carbocycles. The van der Waals surface area contributed by atoms with Crippen LogP contribution in [0.25, 0.3) is 11.3 Å². The van der Waals surface area contributed by atoms with Gasteiger partial charge in [0.1, 0.15) is 24.7 Å². The Bertz CT molecular complexity index is 1410. The van der Waals surface area contributed by atoms with E-state index in [1.807, 2.05) is 67.1 Å². The number of hydrogen-bond donors (Lipinski definition) is 3. The van der Waals surface area contributed by atoms with Gasteiger partial charge in [-0.15, -0.1) is 0 Å². The van der Waals surface area contributed by atoms with E-state index in [1.54, 1.807) is 13.2 Å². The van der Waals surface area contributed by atoms with Crippen LogP contribution in [0.1, 0.15) is 81.4 Å². The third kappa shape index (κ3) is 8.84. The summed E-state index contributed by atoms with van der Waals surface area (Å²) in [7, 11) is 1.61. The molecule has 2 amide bonds. The highest BCUT2D eigenvalue weighted by molar-refractivity contribution is 5.94. The van der Waals surface area contributed by atoms with Crippen LogP contribution in [-0.4, -0.2) is 52.4 Å². The molecule has 236 valence electrons. The van der Waals surface area contributed by atoms with E-state index in [0.717, 1.165) is 42.5 Å². The highest BCUT2D eigenvalue weighted by Gasteiger charge is 2.29. The number of aromatic nitrogens is 2. The SMILES string of the molecule is COc1cccc(OCc2ccccc2)c1-c1cc(C(=O)NC(CC(=O)NCC(=O)O)CC(C)C)nn1C1CCC(C)CC1. The summed E-state index contributed by atoms with van der Waals surface area (Å²) < 4.78 is 14.1. The number of carboxylic acids is 1. The average Bonchev–Trinajstić information content (AvgIpc) is 3.44. The van der Waals surface area contributed by atoms with Gasteiger partial charge in [-0.2, -0.15) is 5.10 Å². The first-order chi connectivity index (χ1) is 21.1. The number of nitrogens with zero attached hydrogens (tertiary/aromatic N) is 2. The van der Waals surface area contributed by atoms with Crippen LogP contribution in [0.15, 0.2) is 54.6 Å². The molecule has 1 fully saturated rings. The second-order valence-corrected chi connectivity index (χ2v) is 12.1. The van der Waals surface area contributed by atoms with E-state index < -0.39 is 30.4 Å². The topological polar surface area (TPSA) is 132 Å². The van der Waals surface area contributed by atoms with E-state index in [-0.39, 0.29) is 24.1 Å². The maximum atomic E-state index is 13.7. The summed E-state index contributed by atoms with van der Waals surface area (Å²) in [5, 5.41) is 19.1. The molecule has 0 bridgehead atoms. The van der Waals surface area contributed by atoms with Crippen LogP contribution in [0.2, 0.25) is 0 Å². The lowest BCUT2D eigenvalue weighted by Crippen LogP contribution is -2.41. The van der Waals surface area contributed by atoms with Crippen molar-refractivity contribution in [3.63, 3.8) is 0 Å². The molecule has 1 unspecified atom stereocenters. The number of aliphatic carboxylic acids is 1. The maximum absolute atomic E-state index is 13.7. The van der Waals surface area contributed by atoms with Crippen LogP contribution in [0.3, 0.4) is 0 Å². The summed E-state index contributed by atoms with van der Waals surface area (Å²) in [6.07, 6.45) is 4.52. The number of carbonyl (C=O) groups is 3. The number of methoxy groups -OCH3 is 1. The highest BCUT2D eigenvalue weighted by atomic mass is 16.5. The van der Waals surface area contributed by atoms with Crippen LogP contribution in [-0.2, 0) is 16.2 Å². The predicted molar refractivity (Wildman–Crippen MR) is 168 cm³/mol. The summed E-state index contributed by atoms with van der Waals surface area (Å²) in [4.78, 5) is 37.0. The van der Waals surface area contributed by atoms with Gasteiger partial charge in [-0.05, 0) is 67.7 Å². The van der Waals surface area contributed by atoms with Gasteiger partial charge in [0, 0.05) is 12.5 Å². The van der Waals surface area contributed by atoms with Crippen molar-refractivity contribution in [1.82, 2.24) is 20.4 Å². The van der Waals surface area contributed by atoms with Crippen LogP contribution in [0.5, 0.6) is 11.5 Å². The minimum absolute atomic E-state index is 0.0325. The minimum atomic E-state index is -1.12. The van der Waals surface area contributed by atoms with Crippen molar-refractivity contribution in [1.29, 1.82) is 0 Å². The number of amides is 2. The fraction of sp³-hybridized carbons (Fsp3) is 0.471. The Morgan fingerprint density at radius 1 is 1.02 bits per heavy atom. The molecular weight excluding hydrogens is 560 g/mol. The molecule has 3 N–H and O–H groups in total. The molecule has 10 heteroatoms. The highest BCUT2D eigenvalue weighted by Crippen LogP contribution is 2.42. The van der Waals surface area contributed by atoms with Crippen molar-refractivity contribution in [2.75, 3.05) is 13.7 Å². The first-order valence-corrected chi connectivity index (χ1v) is 15.4. The molecule has 0 saturated heterocycles. The molecule has 0 aliphatic heterocycles. The summed E-state index contributed by atoms with van der Waals surface area (Å²) in [5.41, 5.74) is 2.72. The van der Waals surface area contributed by atoms with Crippen molar-refractivity contribution in [3.05, 3.63) is 65.9 Å². The zero-order chi connectivity index (χ0) is 31.6. The summed E-state index contributed by atoms with van der Waals surface area (Å²) in [5.74, 6) is 0.110. The van der Waals surface area contributed by atoms with Gasteiger partial charge in [-0.3, -0.25) is 19.1 Å². The molecule has 4 rings (SSSR count). The van der Waals surface area contributed by atoms with E-state index in [2.05, 4.69) is 17.6 Å². The molecule has 1 aliphatic rings. The summed E-state index contributed by atoms with van der Waals surface area (Å²) in [6.45, 7) is 6.16. The fourth-order valence-electron chi connectivity index (χ4n) is 5.74. The Morgan fingerprint density at radius 2 is 1.73 bits per heavy atom. The molecule has 1 aromatic heterocycles. The molecule has 1 heterocycles. The van der Waals surface area contributed by atoms with Gasteiger partial charge in [-0.25, -0.2) is 0 Å². The Kier molecular flexibility index (Phi) is 11.4. The molecule has 1 aliphatic carbocycles. The van der Waals surface area contributed by atoms with Crippen molar-refractivity contribution < 1.29 is 29.0 Å². The second-order valence-electron chi connectivity index (χ2n) is 12.1. The van der Waals surface area contributed by atoms with Crippen LogP contribution >= 0.6 is 0 Å². The van der Waals surface area contributed by atoms with Gasteiger partial charge in [0.25, 0.3) is 5.91 Å². The third-order valence-corrected chi connectivity index (χ3v) is 7.96. The lowest BCUT2D eigenvalue weighted by molar-refractivity contribution is -0.138. The fourth-order valence-corrected chi connectivity index (χ4v) is 5.74. The first-order valence-electron chi connectivity index (χ1n) is 15.4. The number of benzene rings is 2. The number of nitrogens with one attached hydrogen (secondary N) is 2. The Labute approximate surface area is 259 Å². The van der Waals surface area contributed by atoms with Crippen molar-refractivity contribution in [2.45, 2.75) is 78.0 Å². The number of ether oxygens (including phenoxy) is 2. The van der Waals surface area contributed by atoms with Gasteiger partial charge in [0.2, 0.25) is 5.91 Å². The molecule has 3 aromatic rings. The molecule has 10 nitrogen and oxygen atoms in total. The van der Waals surface area contributed by atoms with E-state index in [0.29, 0.717) is 30.4 Å². The predicted octanol–water partition coefficient (Wildman–Crippen LogP) is 5.62. The monoisotopic (exact) mass is 604 g/mol. The van der Waals surface area contributed by atoms with Crippen molar-refractivity contribution in [3.8, 4) is 22.8 Å². The van der Waals surface area contributed by atoms with Crippen LogP contribution < -0.4 is 20.1 Å². The third-order valence-electron chi connectivity index (χ3n) is 7.96. The van der Waals surface area contributed by atoms with E-state index in [1.165, 1.54) is 0 Å². The number of carboxylic acid groups (broad SMARTS) is 1. The summed E-state index contributed by atoms with van der Waals surface area (Å²) in [6, 6.07) is 17.0. The van der Waals surface area contributed by atoms with Crippen LogP contribution in [0, 0.1) is 11.8 Å². The number of hydrogen-bond acceptors (Lipinski definition) is 6. The lowest BCUT2D eigenvalue weighted by Gasteiger charge is -2.28. The molecule has 1 atom stereocenters. The second kappa shape index (κ2) is 15.4. The largest absolute Gasteiger partial charge is 0.496 e. The van der Waals surface area contributed by atoms with Gasteiger partial charge in [-0.1, -0.05) is 57.2 Å². The zero-order valence-corrected chi connectivity index (χ0v) is 26.0. The lowest BCUT2D eigenvalue weighted by atomic mass is 9.87. The van der Waals surface area contributed by atoms with Gasteiger partial charge >= 0.3 is 5.97 Å². The Balaban J connectivity index is 1.68. The van der Waals surface area contributed by atoms with E-state index in [4.69, 9.17) is 19.7 Å². The normalized spacial score (nSPS) is 17.1. The molecule has 2 aromatic carbocycles. The smallest absolute Gasteiger partial charge is 0.322 e. The van der Waals surface area contributed by atoms with Crippen LogP contribution in [0.4, 0.5) is 0 Å². The standard InChI is InChI=1S/C34H44N4O6/c1-22(2)17-25(18-31(39)35-20-32(40)41)36-34(42)27-19-28(38(37-27)26-15-13-23(3)14-16-26)33-29(43-4)11-8-12-30(33)44-21-24-9-6-5-7-10-24/h5-12,19,22-23,25-26H,13-18,20-21H2,1-4H3,(H,35,39)(H,36,42)(H,40,41). The molecule has 44 heavy (non-hydrogen) atoms. The van der Waals surface area contributed by atoms with Crippen molar-refractivity contribution >= 4 is 17.8 Å².